The van der Waals surface area contributed by atoms with Crippen molar-refractivity contribution in [1.82, 2.24) is 0 Å². The lowest BCUT2D eigenvalue weighted by molar-refractivity contribution is -0.118. The zero-order chi connectivity index (χ0) is 20.5. The van der Waals surface area contributed by atoms with E-state index >= 15 is 0 Å². The number of amides is 1. The van der Waals surface area contributed by atoms with Crippen LogP contribution in [0.25, 0.3) is 0 Å². The minimum absolute atomic E-state index is 0.0339. The van der Waals surface area contributed by atoms with Gasteiger partial charge in [-0.2, -0.15) is 0 Å². The third-order valence-electron chi connectivity index (χ3n) is 4.60. The van der Waals surface area contributed by atoms with Gasteiger partial charge in [-0.1, -0.05) is 54.6 Å². The smallest absolute Gasteiger partial charge is 0.262 e. The molecular weight excluding hydrogens is 362 g/mol. The van der Waals surface area contributed by atoms with Crippen molar-refractivity contribution in [2.45, 2.75) is 26.7 Å². The molecule has 0 spiro atoms. The number of para-hydroxylation sites is 1. The molecule has 0 saturated heterocycles. The Morgan fingerprint density at radius 1 is 0.862 bits per heavy atom. The van der Waals surface area contributed by atoms with Crippen molar-refractivity contribution in [3.8, 4) is 11.5 Å². The Morgan fingerprint density at radius 2 is 1.59 bits per heavy atom. The molecule has 3 aromatic rings. The first-order chi connectivity index (χ1) is 14.1. The van der Waals surface area contributed by atoms with E-state index in [1.165, 1.54) is 5.56 Å². The summed E-state index contributed by atoms with van der Waals surface area (Å²) in [6, 6.07) is 23.7. The number of anilines is 1. The Morgan fingerprint density at radius 3 is 2.34 bits per heavy atom. The van der Waals surface area contributed by atoms with Gasteiger partial charge in [0.05, 0.1) is 6.61 Å². The van der Waals surface area contributed by atoms with Gasteiger partial charge in [0.1, 0.15) is 11.5 Å². The molecule has 0 bridgehead atoms. The Kier molecular flexibility index (Phi) is 7.28. The monoisotopic (exact) mass is 389 g/mol. The Bertz CT molecular complexity index is 918. The lowest BCUT2D eigenvalue weighted by Crippen LogP contribution is -2.20. The summed E-state index contributed by atoms with van der Waals surface area (Å²) in [5.74, 6) is 1.30. The van der Waals surface area contributed by atoms with Crippen LogP contribution in [0, 0.1) is 13.8 Å². The van der Waals surface area contributed by atoms with Crippen LogP contribution in [0.2, 0.25) is 0 Å². The van der Waals surface area contributed by atoms with E-state index in [1.807, 2.05) is 74.5 Å². The average molecular weight is 389 g/mol. The van der Waals surface area contributed by atoms with Crippen molar-refractivity contribution in [2.24, 2.45) is 0 Å². The summed E-state index contributed by atoms with van der Waals surface area (Å²) in [5, 5.41) is 2.86. The van der Waals surface area contributed by atoms with E-state index in [4.69, 9.17) is 9.47 Å². The quantitative estimate of drug-likeness (QED) is 0.503. The van der Waals surface area contributed by atoms with Crippen LogP contribution in [0.3, 0.4) is 0 Å². The maximum atomic E-state index is 12.3. The van der Waals surface area contributed by atoms with Crippen LogP contribution in [-0.4, -0.2) is 19.1 Å². The van der Waals surface area contributed by atoms with Crippen molar-refractivity contribution in [3.63, 3.8) is 0 Å². The van der Waals surface area contributed by atoms with Crippen LogP contribution in [-0.2, 0) is 11.2 Å². The minimum atomic E-state index is -0.200. The molecule has 0 unspecified atom stereocenters. The van der Waals surface area contributed by atoms with Gasteiger partial charge in [-0.25, -0.2) is 0 Å². The molecule has 0 aliphatic carbocycles. The van der Waals surface area contributed by atoms with Gasteiger partial charge < -0.3 is 14.8 Å². The first-order valence-corrected chi connectivity index (χ1v) is 9.87. The maximum absolute atomic E-state index is 12.3. The van der Waals surface area contributed by atoms with E-state index < -0.39 is 0 Å². The van der Waals surface area contributed by atoms with E-state index in [-0.39, 0.29) is 12.5 Å². The lowest BCUT2D eigenvalue weighted by Gasteiger charge is -2.12. The van der Waals surface area contributed by atoms with Gasteiger partial charge in [0.15, 0.2) is 6.61 Å². The molecule has 1 N–H and O–H groups in total. The second kappa shape index (κ2) is 10.3. The zero-order valence-electron chi connectivity index (χ0n) is 17.0. The summed E-state index contributed by atoms with van der Waals surface area (Å²) in [5.41, 5.74) is 4.04. The molecule has 0 atom stereocenters. The van der Waals surface area contributed by atoms with E-state index in [0.29, 0.717) is 12.3 Å². The summed E-state index contributed by atoms with van der Waals surface area (Å²) >= 11 is 0. The Balaban J connectivity index is 1.45. The molecule has 29 heavy (non-hydrogen) atoms. The predicted molar refractivity (Wildman–Crippen MR) is 117 cm³/mol. The summed E-state index contributed by atoms with van der Waals surface area (Å²) in [4.78, 5) is 12.3. The number of hydrogen-bond acceptors (Lipinski definition) is 3. The van der Waals surface area contributed by atoms with Crippen molar-refractivity contribution in [1.29, 1.82) is 0 Å². The van der Waals surface area contributed by atoms with Gasteiger partial charge in [-0.3, -0.25) is 4.79 Å². The number of aryl methyl sites for hydroxylation is 3. The molecule has 4 heteroatoms. The van der Waals surface area contributed by atoms with Crippen molar-refractivity contribution in [3.05, 3.63) is 89.5 Å². The summed E-state index contributed by atoms with van der Waals surface area (Å²) in [7, 11) is 0. The fraction of sp³-hybridized carbons (Fsp3) is 0.240. The van der Waals surface area contributed by atoms with Gasteiger partial charge in [0.25, 0.3) is 5.91 Å². The minimum Gasteiger partial charge on any atom is -0.494 e. The number of carbonyl (C=O) groups is 1. The molecule has 150 valence electrons. The van der Waals surface area contributed by atoms with Gasteiger partial charge in [-0.15, -0.1) is 0 Å². The van der Waals surface area contributed by atoms with E-state index in [0.717, 1.165) is 35.5 Å². The SMILES string of the molecule is Cc1cccc(C)c1OCC(=O)Nc1cccc(OCCCc2ccccc2)c1. The maximum Gasteiger partial charge on any atom is 0.262 e. The fourth-order valence-electron chi connectivity index (χ4n) is 3.14. The lowest BCUT2D eigenvalue weighted by atomic mass is 10.1. The molecule has 0 aliphatic heterocycles. The molecule has 0 aromatic heterocycles. The standard InChI is InChI=1S/C25H27NO3/c1-19-9-6-10-20(2)25(19)29-18-24(27)26-22-14-7-15-23(17-22)28-16-8-13-21-11-4-3-5-12-21/h3-7,9-12,14-15,17H,8,13,16,18H2,1-2H3,(H,26,27). The van der Waals surface area contributed by atoms with E-state index in [2.05, 4.69) is 17.4 Å². The first-order valence-electron chi connectivity index (χ1n) is 9.87. The topological polar surface area (TPSA) is 47.6 Å². The van der Waals surface area contributed by atoms with Crippen molar-refractivity contribution < 1.29 is 14.3 Å². The van der Waals surface area contributed by atoms with E-state index in [1.54, 1.807) is 0 Å². The molecule has 1 amide bonds. The number of rotatable bonds is 9. The summed E-state index contributed by atoms with van der Waals surface area (Å²) in [6.45, 7) is 4.54. The number of benzene rings is 3. The molecule has 4 nitrogen and oxygen atoms in total. The zero-order valence-corrected chi connectivity index (χ0v) is 17.0. The van der Waals surface area contributed by atoms with Gasteiger partial charge in [0, 0.05) is 11.8 Å². The highest BCUT2D eigenvalue weighted by Gasteiger charge is 2.08. The molecule has 0 heterocycles. The highest BCUT2D eigenvalue weighted by Crippen LogP contribution is 2.22. The van der Waals surface area contributed by atoms with E-state index in [9.17, 15) is 4.79 Å². The highest BCUT2D eigenvalue weighted by atomic mass is 16.5. The highest BCUT2D eigenvalue weighted by molar-refractivity contribution is 5.92. The largest absolute Gasteiger partial charge is 0.494 e. The number of nitrogens with one attached hydrogen (secondary N) is 1. The Hall–Kier alpha value is -3.27. The molecule has 0 aliphatic rings. The molecule has 0 saturated carbocycles. The number of carbonyl (C=O) groups excluding carboxylic acids is 1. The Labute approximate surface area is 172 Å². The van der Waals surface area contributed by atoms with Gasteiger partial charge >= 0.3 is 0 Å². The second-order valence-corrected chi connectivity index (χ2v) is 7.02. The third-order valence-corrected chi connectivity index (χ3v) is 4.60. The van der Waals surface area contributed by atoms with Crippen LogP contribution in [0.1, 0.15) is 23.1 Å². The van der Waals surface area contributed by atoms with Crippen LogP contribution in [0.15, 0.2) is 72.8 Å². The van der Waals surface area contributed by atoms with Gasteiger partial charge in [0.2, 0.25) is 0 Å². The number of ether oxygens (including phenoxy) is 2. The van der Waals surface area contributed by atoms with Crippen LogP contribution in [0.4, 0.5) is 5.69 Å². The first kappa shape index (κ1) is 20.5. The van der Waals surface area contributed by atoms with Crippen LogP contribution >= 0.6 is 0 Å². The number of hydrogen-bond donors (Lipinski definition) is 1. The molecule has 0 radical (unpaired) electrons. The van der Waals surface area contributed by atoms with Crippen LogP contribution in [0.5, 0.6) is 11.5 Å². The predicted octanol–water partition coefficient (Wildman–Crippen LogP) is 5.33. The average Bonchev–Trinajstić information content (AvgIpc) is 2.72. The molecule has 3 rings (SSSR count). The van der Waals surface area contributed by atoms with Gasteiger partial charge in [-0.05, 0) is 55.5 Å². The van der Waals surface area contributed by atoms with Crippen molar-refractivity contribution in [2.75, 3.05) is 18.5 Å². The second-order valence-electron chi connectivity index (χ2n) is 7.02. The normalized spacial score (nSPS) is 10.4. The summed E-state index contributed by atoms with van der Waals surface area (Å²) < 4.78 is 11.5. The van der Waals surface area contributed by atoms with Crippen LogP contribution < -0.4 is 14.8 Å². The third kappa shape index (κ3) is 6.39. The van der Waals surface area contributed by atoms with Crippen molar-refractivity contribution >= 4 is 11.6 Å². The fourth-order valence-corrected chi connectivity index (χ4v) is 3.14. The molecule has 3 aromatic carbocycles. The summed E-state index contributed by atoms with van der Waals surface area (Å²) in [6.07, 6.45) is 1.91. The molecule has 0 fully saturated rings. The molecular formula is C25H27NO3.